The van der Waals surface area contributed by atoms with Gasteiger partial charge >= 0.3 is 5.97 Å². The predicted molar refractivity (Wildman–Crippen MR) is 54.2 cm³/mol. The molecule has 0 radical (unpaired) electrons. The fourth-order valence-electron chi connectivity index (χ4n) is 1.33. The third-order valence-electron chi connectivity index (χ3n) is 1.82. The van der Waals surface area contributed by atoms with Gasteiger partial charge in [-0.05, 0) is 6.92 Å². The number of rotatable bonds is 4. The average molecular weight is 248 g/mol. The van der Waals surface area contributed by atoms with Gasteiger partial charge in [-0.1, -0.05) is 0 Å². The molecule has 1 aromatic rings. The lowest BCUT2D eigenvalue weighted by Crippen LogP contribution is -2.13. The maximum absolute atomic E-state index is 11.5. The highest BCUT2D eigenvalue weighted by Crippen LogP contribution is 2.26. The van der Waals surface area contributed by atoms with E-state index in [1.54, 1.807) is 0 Å². The molecule has 0 bridgehead atoms. The van der Waals surface area contributed by atoms with Crippen LogP contribution in [-0.4, -0.2) is 42.1 Å². The second-order valence-corrected chi connectivity index (χ2v) is 5.25. The van der Waals surface area contributed by atoms with Crippen LogP contribution in [0, 0.1) is 6.92 Å². The largest absolute Gasteiger partial charge is 0.479 e. The summed E-state index contributed by atoms with van der Waals surface area (Å²) >= 11 is 0. The van der Waals surface area contributed by atoms with Crippen LogP contribution in [0.25, 0.3) is 0 Å². The summed E-state index contributed by atoms with van der Waals surface area (Å²) in [5.41, 5.74) is 0.283. The van der Waals surface area contributed by atoms with Gasteiger partial charge < -0.3 is 9.84 Å². The van der Waals surface area contributed by atoms with Gasteiger partial charge in [0.05, 0.1) is 5.69 Å². The summed E-state index contributed by atoms with van der Waals surface area (Å²) in [7, 11) is -2.01. The van der Waals surface area contributed by atoms with E-state index in [0.29, 0.717) is 0 Å². The van der Waals surface area contributed by atoms with Crippen molar-refractivity contribution < 1.29 is 23.1 Å². The van der Waals surface area contributed by atoms with E-state index < -0.39 is 22.4 Å². The zero-order valence-corrected chi connectivity index (χ0v) is 9.91. The van der Waals surface area contributed by atoms with Crippen molar-refractivity contribution in [2.24, 2.45) is 7.05 Å². The van der Waals surface area contributed by atoms with Crippen molar-refractivity contribution in [2.45, 2.75) is 11.8 Å². The molecule has 8 heteroatoms. The summed E-state index contributed by atoms with van der Waals surface area (Å²) in [5.74, 6) is -1.24. The fourth-order valence-corrected chi connectivity index (χ4v) is 2.42. The molecular weight excluding hydrogens is 236 g/mol. The molecule has 0 saturated heterocycles. The van der Waals surface area contributed by atoms with E-state index in [1.807, 2.05) is 0 Å². The number of carboxylic acid groups (broad SMARTS) is 1. The number of nitrogens with zero attached hydrogens (tertiary/aromatic N) is 2. The highest BCUT2D eigenvalue weighted by Gasteiger charge is 2.24. The maximum atomic E-state index is 11.5. The van der Waals surface area contributed by atoms with Crippen LogP contribution in [0.3, 0.4) is 0 Å². The normalized spacial score (nSPS) is 11.4. The minimum absolute atomic E-state index is 0.0533. The average Bonchev–Trinajstić information content (AvgIpc) is 2.36. The van der Waals surface area contributed by atoms with Crippen LogP contribution in [0.15, 0.2) is 4.90 Å². The Balaban J connectivity index is 3.22. The van der Waals surface area contributed by atoms with Gasteiger partial charge in [0.1, 0.15) is 0 Å². The van der Waals surface area contributed by atoms with Gasteiger partial charge in [-0.2, -0.15) is 5.10 Å². The quantitative estimate of drug-likeness (QED) is 0.778. The summed E-state index contributed by atoms with van der Waals surface area (Å²) < 4.78 is 29.0. The van der Waals surface area contributed by atoms with Crippen LogP contribution in [0.1, 0.15) is 5.69 Å². The van der Waals surface area contributed by atoms with Gasteiger partial charge in [-0.15, -0.1) is 0 Å². The van der Waals surface area contributed by atoms with E-state index >= 15 is 0 Å². The third-order valence-corrected chi connectivity index (χ3v) is 3.03. The summed E-state index contributed by atoms with van der Waals surface area (Å²) in [6, 6.07) is 0. The van der Waals surface area contributed by atoms with Crippen molar-refractivity contribution in [3.63, 3.8) is 0 Å². The summed E-state index contributed by atoms with van der Waals surface area (Å²) in [6.45, 7) is 0.908. The third kappa shape index (κ3) is 2.51. The van der Waals surface area contributed by atoms with Gasteiger partial charge in [-0.25, -0.2) is 17.9 Å². The van der Waals surface area contributed by atoms with Crippen LogP contribution in [0.4, 0.5) is 0 Å². The molecule has 0 aliphatic rings. The Kier molecular flexibility index (Phi) is 3.22. The second-order valence-electron chi connectivity index (χ2n) is 3.30. The van der Waals surface area contributed by atoms with Crippen LogP contribution >= 0.6 is 0 Å². The molecule has 0 unspecified atom stereocenters. The molecule has 1 heterocycles. The zero-order chi connectivity index (χ0) is 12.5. The molecule has 1 rings (SSSR count). The lowest BCUT2D eigenvalue weighted by Gasteiger charge is -2.05. The summed E-state index contributed by atoms with van der Waals surface area (Å²) in [6.07, 6.45) is 1.02. The first kappa shape index (κ1) is 12.5. The lowest BCUT2D eigenvalue weighted by atomic mass is 10.5. The van der Waals surface area contributed by atoms with Crippen LogP contribution < -0.4 is 4.74 Å². The zero-order valence-electron chi connectivity index (χ0n) is 9.09. The lowest BCUT2D eigenvalue weighted by molar-refractivity contribution is -0.139. The van der Waals surface area contributed by atoms with Crippen molar-refractivity contribution in [2.75, 3.05) is 12.9 Å². The van der Waals surface area contributed by atoms with Gasteiger partial charge in [0.25, 0.3) is 0 Å². The molecule has 7 nitrogen and oxygen atoms in total. The minimum atomic E-state index is -3.49. The Hall–Kier alpha value is -1.57. The van der Waals surface area contributed by atoms with E-state index in [1.165, 1.54) is 18.7 Å². The van der Waals surface area contributed by atoms with Crippen molar-refractivity contribution in [3.8, 4) is 5.88 Å². The number of sulfone groups is 1. The molecule has 1 aromatic heterocycles. The van der Waals surface area contributed by atoms with Gasteiger partial charge in [0.2, 0.25) is 5.88 Å². The van der Waals surface area contributed by atoms with Crippen LogP contribution in [0.5, 0.6) is 5.88 Å². The number of carboxylic acids is 1. The minimum Gasteiger partial charge on any atom is -0.479 e. The Bertz CT molecular complexity index is 517. The van der Waals surface area contributed by atoms with Crippen molar-refractivity contribution >= 4 is 15.8 Å². The molecule has 0 amide bonds. The monoisotopic (exact) mass is 248 g/mol. The molecule has 0 aliphatic heterocycles. The van der Waals surface area contributed by atoms with Crippen LogP contribution in [0.2, 0.25) is 0 Å². The molecule has 0 aromatic carbocycles. The Morgan fingerprint density at radius 3 is 2.56 bits per heavy atom. The van der Waals surface area contributed by atoms with E-state index in [4.69, 9.17) is 9.84 Å². The highest BCUT2D eigenvalue weighted by molar-refractivity contribution is 7.90. The molecule has 90 valence electrons. The smallest absolute Gasteiger partial charge is 0.341 e. The van der Waals surface area contributed by atoms with Crippen molar-refractivity contribution in [1.82, 2.24) is 9.78 Å². The van der Waals surface area contributed by atoms with Crippen LogP contribution in [-0.2, 0) is 21.7 Å². The second kappa shape index (κ2) is 4.12. The summed E-state index contributed by atoms with van der Waals surface area (Å²) in [5, 5.41) is 12.3. The Labute approximate surface area is 92.6 Å². The van der Waals surface area contributed by atoms with E-state index in [9.17, 15) is 13.2 Å². The van der Waals surface area contributed by atoms with Crippen molar-refractivity contribution in [3.05, 3.63) is 5.69 Å². The molecule has 0 saturated carbocycles. The van der Waals surface area contributed by atoms with E-state index in [0.717, 1.165) is 6.26 Å². The predicted octanol–water partition coefficient (Wildman–Crippen LogP) is -0.405. The summed E-state index contributed by atoms with van der Waals surface area (Å²) in [4.78, 5) is 10.3. The fraction of sp³-hybridized carbons (Fsp3) is 0.500. The number of ether oxygens (including phenoxy) is 1. The standard InChI is InChI=1S/C8H12N2O5S/c1-5-7(16(3,13)14)8(10(2)9-5)15-4-6(11)12/h4H2,1-3H3,(H,11,12). The molecule has 0 aliphatic carbocycles. The first-order valence-electron chi connectivity index (χ1n) is 4.31. The number of aliphatic carboxylic acids is 1. The maximum Gasteiger partial charge on any atom is 0.341 e. The Morgan fingerprint density at radius 1 is 1.56 bits per heavy atom. The molecule has 0 atom stereocenters. The molecule has 16 heavy (non-hydrogen) atoms. The number of carbonyl (C=O) groups is 1. The number of aromatic nitrogens is 2. The van der Waals surface area contributed by atoms with E-state index in [-0.39, 0.29) is 16.5 Å². The topological polar surface area (TPSA) is 98.5 Å². The molecule has 0 spiro atoms. The van der Waals surface area contributed by atoms with E-state index in [2.05, 4.69) is 5.10 Å². The molecule has 0 fully saturated rings. The van der Waals surface area contributed by atoms with Crippen molar-refractivity contribution in [1.29, 1.82) is 0 Å². The van der Waals surface area contributed by atoms with Gasteiger partial charge in [0.15, 0.2) is 21.3 Å². The number of hydrogen-bond acceptors (Lipinski definition) is 5. The number of aryl methyl sites for hydroxylation is 2. The SMILES string of the molecule is Cc1nn(C)c(OCC(=O)O)c1S(C)(=O)=O. The number of hydrogen-bond donors (Lipinski definition) is 1. The van der Waals surface area contributed by atoms with Gasteiger partial charge in [0, 0.05) is 13.3 Å². The highest BCUT2D eigenvalue weighted by atomic mass is 32.2. The first-order valence-corrected chi connectivity index (χ1v) is 6.21. The van der Waals surface area contributed by atoms with Gasteiger partial charge in [-0.3, -0.25) is 0 Å². The molecular formula is C8H12N2O5S. The first-order chi connectivity index (χ1) is 7.23. The molecule has 1 N–H and O–H groups in total. The Morgan fingerprint density at radius 2 is 2.12 bits per heavy atom.